The summed E-state index contributed by atoms with van der Waals surface area (Å²) >= 11 is 0. The number of nitrogens with one attached hydrogen (secondary N) is 1. The Morgan fingerprint density at radius 2 is 1.95 bits per heavy atom. The fraction of sp³-hybridized carbons (Fsp3) is 0.125. The van der Waals surface area contributed by atoms with E-state index in [1.165, 1.54) is 0 Å². The molecule has 0 aliphatic carbocycles. The Morgan fingerprint density at radius 1 is 1.14 bits per heavy atom. The minimum atomic E-state index is -0.226. The number of nitrogens with zero attached hydrogens (tertiary/aromatic N) is 2. The molecule has 2 aromatic heterocycles. The summed E-state index contributed by atoms with van der Waals surface area (Å²) in [4.78, 5) is 16.6. The molecule has 0 saturated heterocycles. The fourth-order valence-corrected chi connectivity index (χ4v) is 2.24. The van der Waals surface area contributed by atoms with E-state index < -0.39 is 0 Å². The lowest BCUT2D eigenvalue weighted by Gasteiger charge is -2.11. The number of fused-ring (bicyclic) bond motifs is 1. The quantitative estimate of drug-likeness (QED) is 0.804. The van der Waals surface area contributed by atoms with E-state index in [4.69, 9.17) is 9.47 Å². The predicted molar refractivity (Wildman–Crippen MR) is 82.7 cm³/mol. The minimum Gasteiger partial charge on any atom is -0.493 e. The van der Waals surface area contributed by atoms with Gasteiger partial charge in [0.2, 0.25) is 0 Å². The van der Waals surface area contributed by atoms with Crippen molar-refractivity contribution in [1.82, 2.24) is 9.38 Å². The number of pyridine rings is 1. The Bertz CT molecular complexity index is 826. The van der Waals surface area contributed by atoms with Crippen molar-refractivity contribution >= 4 is 17.2 Å². The van der Waals surface area contributed by atoms with E-state index in [1.54, 1.807) is 61.3 Å². The summed E-state index contributed by atoms with van der Waals surface area (Å²) in [5.41, 5.74) is 1.85. The summed E-state index contributed by atoms with van der Waals surface area (Å²) in [6.45, 7) is 0. The van der Waals surface area contributed by atoms with E-state index in [2.05, 4.69) is 10.3 Å². The van der Waals surface area contributed by atoms with Gasteiger partial charge < -0.3 is 14.8 Å². The van der Waals surface area contributed by atoms with Crippen molar-refractivity contribution in [2.75, 3.05) is 19.5 Å². The largest absolute Gasteiger partial charge is 0.493 e. The van der Waals surface area contributed by atoms with Gasteiger partial charge in [0.25, 0.3) is 5.91 Å². The lowest BCUT2D eigenvalue weighted by atomic mass is 10.2. The van der Waals surface area contributed by atoms with Crippen LogP contribution in [0.1, 0.15) is 10.5 Å². The van der Waals surface area contributed by atoms with Gasteiger partial charge in [-0.2, -0.15) is 0 Å². The highest BCUT2D eigenvalue weighted by atomic mass is 16.5. The second-order valence-corrected chi connectivity index (χ2v) is 4.59. The van der Waals surface area contributed by atoms with Gasteiger partial charge in [0.05, 0.1) is 14.2 Å². The molecule has 0 aliphatic rings. The van der Waals surface area contributed by atoms with E-state index in [1.807, 2.05) is 6.07 Å². The molecule has 0 spiro atoms. The first kappa shape index (κ1) is 13.9. The molecule has 6 heteroatoms. The van der Waals surface area contributed by atoms with Gasteiger partial charge in [0, 0.05) is 24.1 Å². The van der Waals surface area contributed by atoms with Gasteiger partial charge >= 0.3 is 0 Å². The maximum absolute atomic E-state index is 12.4. The average molecular weight is 297 g/mol. The summed E-state index contributed by atoms with van der Waals surface area (Å²) in [5, 5.41) is 2.84. The first-order chi connectivity index (χ1) is 10.7. The lowest BCUT2D eigenvalue weighted by Crippen LogP contribution is -2.15. The molecule has 0 fully saturated rings. The molecule has 3 rings (SSSR count). The molecule has 0 atom stereocenters. The number of hydrogen-bond donors (Lipinski definition) is 1. The molecular formula is C16H15N3O3. The number of hydrogen-bond acceptors (Lipinski definition) is 4. The molecule has 112 valence electrons. The zero-order valence-corrected chi connectivity index (χ0v) is 12.2. The monoisotopic (exact) mass is 297 g/mol. The van der Waals surface area contributed by atoms with Crippen LogP contribution >= 0.6 is 0 Å². The van der Waals surface area contributed by atoms with Gasteiger partial charge in [-0.1, -0.05) is 6.07 Å². The third kappa shape index (κ3) is 2.46. The van der Waals surface area contributed by atoms with Crippen LogP contribution in [0, 0.1) is 0 Å². The van der Waals surface area contributed by atoms with Gasteiger partial charge in [0.15, 0.2) is 11.5 Å². The Labute approximate surface area is 127 Å². The van der Waals surface area contributed by atoms with Crippen LogP contribution in [0.3, 0.4) is 0 Å². The first-order valence-electron chi connectivity index (χ1n) is 6.68. The van der Waals surface area contributed by atoms with Crippen LogP contribution in [0.25, 0.3) is 5.65 Å². The number of benzene rings is 1. The molecule has 0 aliphatic heterocycles. The Morgan fingerprint density at radius 3 is 2.73 bits per heavy atom. The summed E-state index contributed by atoms with van der Waals surface area (Å²) in [5.74, 6) is 0.939. The molecule has 6 nitrogen and oxygen atoms in total. The third-order valence-corrected chi connectivity index (χ3v) is 3.30. The Kier molecular flexibility index (Phi) is 3.65. The van der Waals surface area contributed by atoms with E-state index >= 15 is 0 Å². The van der Waals surface area contributed by atoms with Crippen molar-refractivity contribution in [2.24, 2.45) is 0 Å². The van der Waals surface area contributed by atoms with Crippen LogP contribution in [0.15, 0.2) is 48.8 Å². The summed E-state index contributed by atoms with van der Waals surface area (Å²) < 4.78 is 12.1. The van der Waals surface area contributed by atoms with E-state index in [0.29, 0.717) is 22.9 Å². The Balaban J connectivity index is 1.90. The molecule has 1 N–H and O–H groups in total. The summed E-state index contributed by atoms with van der Waals surface area (Å²) in [6.07, 6.45) is 3.40. The Hall–Kier alpha value is -3.02. The predicted octanol–water partition coefficient (Wildman–Crippen LogP) is 2.60. The van der Waals surface area contributed by atoms with E-state index in [-0.39, 0.29) is 5.91 Å². The lowest BCUT2D eigenvalue weighted by molar-refractivity contribution is 0.102. The van der Waals surface area contributed by atoms with E-state index in [9.17, 15) is 4.79 Å². The molecule has 1 aromatic carbocycles. The van der Waals surface area contributed by atoms with Crippen molar-refractivity contribution in [2.45, 2.75) is 0 Å². The highest BCUT2D eigenvalue weighted by molar-refractivity contribution is 6.03. The molecule has 2 heterocycles. The molecule has 1 amide bonds. The number of carbonyl (C=O) groups excluding carboxylic acids is 1. The second-order valence-electron chi connectivity index (χ2n) is 4.59. The molecule has 0 bridgehead atoms. The number of anilines is 1. The van der Waals surface area contributed by atoms with Crippen LogP contribution in [-0.2, 0) is 0 Å². The zero-order chi connectivity index (χ0) is 15.5. The number of aromatic nitrogens is 2. The molecule has 0 saturated carbocycles. The number of carbonyl (C=O) groups is 1. The topological polar surface area (TPSA) is 64.9 Å². The van der Waals surface area contributed by atoms with Crippen LogP contribution < -0.4 is 14.8 Å². The molecule has 0 radical (unpaired) electrons. The highest BCUT2D eigenvalue weighted by Gasteiger charge is 2.12. The van der Waals surface area contributed by atoms with E-state index in [0.717, 1.165) is 5.65 Å². The summed E-state index contributed by atoms with van der Waals surface area (Å²) in [6, 6.07) is 10.6. The van der Waals surface area contributed by atoms with Crippen molar-refractivity contribution in [3.63, 3.8) is 0 Å². The number of imidazole rings is 1. The van der Waals surface area contributed by atoms with Crippen LogP contribution in [-0.4, -0.2) is 29.5 Å². The average Bonchev–Trinajstić information content (AvgIpc) is 3.03. The van der Waals surface area contributed by atoms with Crippen molar-refractivity contribution in [3.05, 3.63) is 54.5 Å². The molecule has 3 aromatic rings. The van der Waals surface area contributed by atoms with Crippen LogP contribution in [0.2, 0.25) is 0 Å². The number of ether oxygens (including phenoxy) is 2. The van der Waals surface area contributed by atoms with Crippen LogP contribution in [0.4, 0.5) is 5.69 Å². The van der Waals surface area contributed by atoms with Gasteiger partial charge in [-0.15, -0.1) is 0 Å². The van der Waals surface area contributed by atoms with Gasteiger partial charge in [-0.25, -0.2) is 4.98 Å². The zero-order valence-electron chi connectivity index (χ0n) is 12.2. The first-order valence-corrected chi connectivity index (χ1v) is 6.68. The number of amides is 1. The summed E-state index contributed by atoms with van der Waals surface area (Å²) in [7, 11) is 3.12. The van der Waals surface area contributed by atoms with Crippen LogP contribution in [0.5, 0.6) is 11.5 Å². The van der Waals surface area contributed by atoms with Gasteiger partial charge in [-0.3, -0.25) is 9.20 Å². The van der Waals surface area contributed by atoms with Crippen molar-refractivity contribution in [1.29, 1.82) is 0 Å². The molecule has 0 unspecified atom stereocenters. The fourth-order valence-electron chi connectivity index (χ4n) is 2.24. The van der Waals surface area contributed by atoms with Gasteiger partial charge in [0.1, 0.15) is 11.3 Å². The number of methoxy groups -OCH3 is 2. The maximum atomic E-state index is 12.4. The highest BCUT2D eigenvalue weighted by Crippen LogP contribution is 2.29. The van der Waals surface area contributed by atoms with Gasteiger partial charge in [-0.05, 0) is 24.3 Å². The van der Waals surface area contributed by atoms with Crippen molar-refractivity contribution in [3.8, 4) is 11.5 Å². The standard InChI is InChI=1S/C16H15N3O3/c1-21-13-7-6-11(10-14(13)22-2)18-16(20)12-4-3-5-15-17-8-9-19(12)15/h3-10H,1-2H3,(H,18,20). The number of rotatable bonds is 4. The normalized spacial score (nSPS) is 10.5. The van der Waals surface area contributed by atoms with Crippen molar-refractivity contribution < 1.29 is 14.3 Å². The maximum Gasteiger partial charge on any atom is 0.272 e. The molecular weight excluding hydrogens is 282 g/mol. The minimum absolute atomic E-state index is 0.226. The third-order valence-electron chi connectivity index (χ3n) is 3.30. The smallest absolute Gasteiger partial charge is 0.272 e. The SMILES string of the molecule is COc1ccc(NC(=O)c2cccc3nccn23)cc1OC. The molecule has 22 heavy (non-hydrogen) atoms. The second kappa shape index (κ2) is 5.77.